The van der Waals surface area contributed by atoms with Crippen molar-refractivity contribution in [3.63, 3.8) is 0 Å². The molecule has 1 N–H and O–H groups in total. The molecule has 1 aromatic rings. The van der Waals surface area contributed by atoms with Crippen molar-refractivity contribution in [3.05, 3.63) is 40.9 Å². The highest BCUT2D eigenvalue weighted by Gasteiger charge is 2.52. The van der Waals surface area contributed by atoms with E-state index in [9.17, 15) is 0 Å². The van der Waals surface area contributed by atoms with E-state index in [1.807, 2.05) is 19.2 Å². The van der Waals surface area contributed by atoms with Crippen molar-refractivity contribution in [3.8, 4) is 0 Å². The van der Waals surface area contributed by atoms with Crippen LogP contribution in [0.4, 0.5) is 0 Å². The van der Waals surface area contributed by atoms with Gasteiger partial charge in [-0.2, -0.15) is 0 Å². The number of likely N-dealkylation sites (N-methyl/N-ethyl adjacent to an activating group) is 1. The summed E-state index contributed by atoms with van der Waals surface area (Å²) in [5.41, 5.74) is 2.66. The van der Waals surface area contributed by atoms with Crippen molar-refractivity contribution >= 4 is 24.8 Å². The topological polar surface area (TPSA) is 30.5 Å². The van der Waals surface area contributed by atoms with E-state index in [0.29, 0.717) is 12.4 Å². The maximum Gasteiger partial charge on any atom is 0.491 e. The number of halogens is 1. The Labute approximate surface area is 139 Å². The molecular formula is C17H25BClNO2. The van der Waals surface area contributed by atoms with Crippen LogP contribution < -0.4 is 5.32 Å². The second kappa shape index (κ2) is 6.75. The molecule has 0 unspecified atom stereocenters. The van der Waals surface area contributed by atoms with E-state index in [-0.39, 0.29) is 18.3 Å². The Morgan fingerprint density at radius 3 is 2.14 bits per heavy atom. The van der Waals surface area contributed by atoms with E-state index < -0.39 is 0 Å². The molecule has 1 saturated heterocycles. The summed E-state index contributed by atoms with van der Waals surface area (Å²) < 4.78 is 12.3. The van der Waals surface area contributed by atoms with Crippen LogP contribution in [0.25, 0.3) is 6.08 Å². The van der Waals surface area contributed by atoms with Crippen LogP contribution in [0.3, 0.4) is 0 Å². The zero-order valence-corrected chi connectivity index (χ0v) is 14.8. The van der Waals surface area contributed by atoms with Crippen LogP contribution >= 0.6 is 11.6 Å². The largest absolute Gasteiger partial charge is 0.491 e. The Morgan fingerprint density at radius 2 is 1.68 bits per heavy atom. The first kappa shape index (κ1) is 17.5. The Bertz CT molecular complexity index is 524. The van der Waals surface area contributed by atoms with Gasteiger partial charge >= 0.3 is 7.12 Å². The Balaban J connectivity index is 2.24. The number of hydrogen-bond donors (Lipinski definition) is 1. The van der Waals surface area contributed by atoms with Gasteiger partial charge in [0.2, 0.25) is 0 Å². The lowest BCUT2D eigenvalue weighted by atomic mass is 9.77. The number of rotatable bonds is 5. The molecule has 0 radical (unpaired) electrons. The Hall–Kier alpha value is -0.805. The van der Waals surface area contributed by atoms with E-state index in [1.54, 1.807) is 0 Å². The lowest BCUT2D eigenvalue weighted by molar-refractivity contribution is 0.00578. The Kier molecular flexibility index (Phi) is 5.39. The summed E-state index contributed by atoms with van der Waals surface area (Å²) in [4.78, 5) is 0. The second-order valence-corrected chi connectivity index (χ2v) is 6.98. The van der Waals surface area contributed by atoms with Crippen molar-refractivity contribution in [2.24, 2.45) is 0 Å². The molecule has 0 amide bonds. The van der Waals surface area contributed by atoms with Crippen LogP contribution in [0, 0.1) is 0 Å². The van der Waals surface area contributed by atoms with Gasteiger partial charge in [-0.05, 0) is 51.3 Å². The minimum absolute atomic E-state index is 0.326. The lowest BCUT2D eigenvalue weighted by Gasteiger charge is -2.32. The first-order chi connectivity index (χ1) is 10.3. The average Bonchev–Trinajstić information content (AvgIpc) is 2.68. The summed E-state index contributed by atoms with van der Waals surface area (Å²) in [5, 5.41) is 3.19. The third kappa shape index (κ3) is 3.74. The van der Waals surface area contributed by atoms with Crippen LogP contribution in [-0.4, -0.2) is 31.9 Å². The molecule has 0 bridgehead atoms. The third-order valence-electron chi connectivity index (χ3n) is 4.42. The van der Waals surface area contributed by atoms with E-state index >= 15 is 0 Å². The van der Waals surface area contributed by atoms with Crippen LogP contribution in [0.1, 0.15) is 38.8 Å². The predicted molar refractivity (Wildman–Crippen MR) is 94.0 cm³/mol. The highest BCUT2D eigenvalue weighted by atomic mass is 35.5. The molecule has 3 nitrogen and oxygen atoms in total. The summed E-state index contributed by atoms with van der Waals surface area (Å²) >= 11 is 5.84. The van der Waals surface area contributed by atoms with Gasteiger partial charge in [-0.15, -0.1) is 11.6 Å². The van der Waals surface area contributed by atoms with Gasteiger partial charge in [0.05, 0.1) is 11.2 Å². The van der Waals surface area contributed by atoms with Crippen molar-refractivity contribution in [2.75, 3.05) is 13.6 Å². The molecule has 1 aliphatic heterocycles. The molecule has 22 heavy (non-hydrogen) atoms. The van der Waals surface area contributed by atoms with Crippen LogP contribution in [0.2, 0.25) is 0 Å². The van der Waals surface area contributed by atoms with Crippen molar-refractivity contribution < 1.29 is 9.31 Å². The summed E-state index contributed by atoms with van der Waals surface area (Å²) in [6.07, 6.45) is 2.12. The molecule has 1 fully saturated rings. The van der Waals surface area contributed by atoms with Crippen LogP contribution in [0.5, 0.6) is 0 Å². The number of benzene rings is 1. The normalized spacial score (nSPS) is 20.5. The van der Waals surface area contributed by atoms with Gasteiger partial charge in [0.25, 0.3) is 0 Å². The van der Waals surface area contributed by atoms with E-state index in [2.05, 4.69) is 51.2 Å². The minimum atomic E-state index is -0.329. The van der Waals surface area contributed by atoms with Crippen molar-refractivity contribution in [1.29, 1.82) is 0 Å². The fraction of sp³-hybridized carbons (Fsp3) is 0.529. The second-order valence-electron chi connectivity index (χ2n) is 6.71. The molecule has 1 aromatic carbocycles. The smallest absolute Gasteiger partial charge is 0.400 e. The van der Waals surface area contributed by atoms with Gasteiger partial charge in [-0.1, -0.05) is 30.3 Å². The summed E-state index contributed by atoms with van der Waals surface area (Å²) in [7, 11) is 1.60. The number of hydrogen-bond acceptors (Lipinski definition) is 3. The lowest BCUT2D eigenvalue weighted by Crippen LogP contribution is -2.41. The molecule has 5 heteroatoms. The molecule has 0 saturated carbocycles. The van der Waals surface area contributed by atoms with Gasteiger partial charge in [0.15, 0.2) is 0 Å². The van der Waals surface area contributed by atoms with Crippen molar-refractivity contribution in [1.82, 2.24) is 5.32 Å². The molecule has 1 heterocycles. The van der Waals surface area contributed by atoms with Crippen LogP contribution in [0.15, 0.2) is 29.7 Å². The number of nitrogens with one attached hydrogen (secondary N) is 1. The number of alkyl halides is 1. The molecule has 0 aromatic heterocycles. The Morgan fingerprint density at radius 1 is 1.14 bits per heavy atom. The minimum Gasteiger partial charge on any atom is -0.400 e. The van der Waals surface area contributed by atoms with Crippen molar-refractivity contribution in [2.45, 2.75) is 44.8 Å². The molecule has 2 rings (SSSR count). The van der Waals surface area contributed by atoms with E-state index in [0.717, 1.165) is 16.6 Å². The van der Waals surface area contributed by atoms with Gasteiger partial charge in [0, 0.05) is 12.4 Å². The standard InChI is InChI=1S/C17H25BClNO2/c1-16(2)17(3,4)22-18(21-16)15(12-20-5)10-13-6-8-14(11-19)9-7-13/h6-10,20H,11-12H2,1-5H3. The molecule has 0 atom stereocenters. The summed E-state index contributed by atoms with van der Waals surface area (Å²) in [6, 6.07) is 8.22. The maximum atomic E-state index is 6.14. The molecular weight excluding hydrogens is 296 g/mol. The van der Waals surface area contributed by atoms with Gasteiger partial charge < -0.3 is 14.6 Å². The maximum absolute atomic E-state index is 6.14. The molecule has 1 aliphatic rings. The average molecular weight is 322 g/mol. The first-order valence-corrected chi connectivity index (χ1v) is 8.18. The third-order valence-corrected chi connectivity index (χ3v) is 4.73. The fourth-order valence-corrected chi connectivity index (χ4v) is 2.50. The summed E-state index contributed by atoms with van der Waals surface area (Å²) in [5.74, 6) is 0.532. The molecule has 0 aliphatic carbocycles. The highest BCUT2D eigenvalue weighted by Crippen LogP contribution is 2.38. The molecule has 0 spiro atoms. The fourth-order valence-electron chi connectivity index (χ4n) is 2.32. The molecule has 120 valence electrons. The quantitative estimate of drug-likeness (QED) is 0.663. The first-order valence-electron chi connectivity index (χ1n) is 7.64. The van der Waals surface area contributed by atoms with Gasteiger partial charge in [0.1, 0.15) is 0 Å². The van der Waals surface area contributed by atoms with Crippen LogP contribution in [-0.2, 0) is 15.2 Å². The summed E-state index contributed by atoms with van der Waals surface area (Å²) in [6.45, 7) is 8.99. The van der Waals surface area contributed by atoms with Gasteiger partial charge in [-0.3, -0.25) is 0 Å². The monoisotopic (exact) mass is 321 g/mol. The van der Waals surface area contributed by atoms with E-state index in [1.165, 1.54) is 0 Å². The van der Waals surface area contributed by atoms with Gasteiger partial charge in [-0.25, -0.2) is 0 Å². The predicted octanol–water partition coefficient (Wildman–Crippen LogP) is 3.66. The van der Waals surface area contributed by atoms with E-state index in [4.69, 9.17) is 20.9 Å². The highest BCUT2D eigenvalue weighted by molar-refractivity contribution is 6.55. The zero-order valence-electron chi connectivity index (χ0n) is 14.1. The zero-order chi connectivity index (χ0) is 16.4. The SMILES string of the molecule is CNCC(=Cc1ccc(CCl)cc1)B1OC(C)(C)C(C)(C)O1.